The van der Waals surface area contributed by atoms with E-state index in [1.165, 1.54) is 0 Å². The van der Waals surface area contributed by atoms with Crippen molar-refractivity contribution < 1.29 is 0 Å². The molecule has 0 aliphatic carbocycles. The van der Waals surface area contributed by atoms with Crippen molar-refractivity contribution in [1.82, 2.24) is 15.0 Å². The Kier molecular flexibility index (Phi) is 2.10. The molecule has 0 aliphatic heterocycles. The molecular formula is C10H9N3O. The molecule has 0 atom stereocenters. The van der Waals surface area contributed by atoms with Crippen molar-refractivity contribution in [3.8, 4) is 11.1 Å². The molecule has 0 spiro atoms. The fourth-order valence-electron chi connectivity index (χ4n) is 1.21. The predicted molar refractivity (Wildman–Crippen MR) is 52.8 cm³/mol. The van der Waals surface area contributed by atoms with E-state index in [1.807, 2.05) is 6.07 Å². The fourth-order valence-corrected chi connectivity index (χ4v) is 1.21. The van der Waals surface area contributed by atoms with Crippen LogP contribution in [0.2, 0.25) is 0 Å². The molecular weight excluding hydrogens is 178 g/mol. The van der Waals surface area contributed by atoms with Gasteiger partial charge in [-0.15, -0.1) is 0 Å². The lowest BCUT2D eigenvalue weighted by atomic mass is 10.1. The van der Waals surface area contributed by atoms with Crippen LogP contribution < -0.4 is 5.56 Å². The number of hydrogen-bond acceptors (Lipinski definition) is 3. The summed E-state index contributed by atoms with van der Waals surface area (Å²) in [5.74, 6) is 0.614. The normalized spacial score (nSPS) is 10.1. The molecule has 70 valence electrons. The molecule has 0 aliphatic rings. The van der Waals surface area contributed by atoms with Gasteiger partial charge in [0.25, 0.3) is 5.56 Å². The van der Waals surface area contributed by atoms with Crippen LogP contribution in [0.5, 0.6) is 0 Å². The van der Waals surface area contributed by atoms with Crippen LogP contribution in [0.3, 0.4) is 0 Å². The fraction of sp³-hybridized carbons (Fsp3) is 0.100. The maximum atomic E-state index is 11.5. The van der Waals surface area contributed by atoms with E-state index in [0.717, 1.165) is 5.56 Å². The van der Waals surface area contributed by atoms with E-state index in [2.05, 4.69) is 15.0 Å². The summed E-state index contributed by atoms with van der Waals surface area (Å²) in [6.07, 6.45) is 4.87. The Labute approximate surface area is 80.7 Å². The Bertz CT molecular complexity index is 490. The van der Waals surface area contributed by atoms with Crippen LogP contribution in [-0.4, -0.2) is 15.0 Å². The lowest BCUT2D eigenvalue weighted by Crippen LogP contribution is -2.11. The summed E-state index contributed by atoms with van der Waals surface area (Å²) in [5.41, 5.74) is 1.19. The summed E-state index contributed by atoms with van der Waals surface area (Å²) >= 11 is 0. The second kappa shape index (κ2) is 3.41. The third-order valence-corrected chi connectivity index (χ3v) is 1.90. The molecule has 2 rings (SSSR count). The molecule has 0 saturated carbocycles. The van der Waals surface area contributed by atoms with Gasteiger partial charge in [-0.2, -0.15) is 0 Å². The summed E-state index contributed by atoms with van der Waals surface area (Å²) in [5, 5.41) is 0. The Morgan fingerprint density at radius 1 is 1.36 bits per heavy atom. The van der Waals surface area contributed by atoms with Gasteiger partial charge < -0.3 is 4.98 Å². The molecule has 0 fully saturated rings. The van der Waals surface area contributed by atoms with Crippen LogP contribution in [0.4, 0.5) is 0 Å². The second-order valence-electron chi connectivity index (χ2n) is 2.95. The average Bonchev–Trinajstić information content (AvgIpc) is 2.19. The monoisotopic (exact) mass is 187 g/mol. The molecule has 0 aromatic carbocycles. The van der Waals surface area contributed by atoms with Crippen molar-refractivity contribution in [2.75, 3.05) is 0 Å². The minimum atomic E-state index is -0.134. The number of pyridine rings is 1. The highest BCUT2D eigenvalue weighted by molar-refractivity contribution is 5.59. The van der Waals surface area contributed by atoms with Crippen molar-refractivity contribution in [2.24, 2.45) is 0 Å². The van der Waals surface area contributed by atoms with Gasteiger partial charge in [0.05, 0.1) is 5.56 Å². The van der Waals surface area contributed by atoms with E-state index in [0.29, 0.717) is 11.4 Å². The van der Waals surface area contributed by atoms with Gasteiger partial charge in [0, 0.05) is 24.2 Å². The molecule has 2 aromatic heterocycles. The molecule has 14 heavy (non-hydrogen) atoms. The summed E-state index contributed by atoms with van der Waals surface area (Å²) in [6.45, 7) is 1.74. The minimum Gasteiger partial charge on any atom is -0.310 e. The second-order valence-corrected chi connectivity index (χ2v) is 2.95. The molecule has 0 radical (unpaired) electrons. The SMILES string of the molecule is Cc1ncc(-c2cccnc2)c(=O)[nH]1. The third-order valence-electron chi connectivity index (χ3n) is 1.90. The highest BCUT2D eigenvalue weighted by Crippen LogP contribution is 2.10. The number of aromatic nitrogens is 3. The maximum Gasteiger partial charge on any atom is 0.258 e. The molecule has 2 heterocycles. The maximum absolute atomic E-state index is 11.5. The van der Waals surface area contributed by atoms with Crippen LogP contribution in [-0.2, 0) is 0 Å². The quantitative estimate of drug-likeness (QED) is 0.728. The number of nitrogens with one attached hydrogen (secondary N) is 1. The van der Waals surface area contributed by atoms with E-state index in [9.17, 15) is 4.79 Å². The van der Waals surface area contributed by atoms with Crippen molar-refractivity contribution in [3.63, 3.8) is 0 Å². The number of aromatic amines is 1. The van der Waals surface area contributed by atoms with Gasteiger partial charge in [-0.3, -0.25) is 9.78 Å². The lowest BCUT2D eigenvalue weighted by molar-refractivity contribution is 1.02. The Hall–Kier alpha value is -1.97. The van der Waals surface area contributed by atoms with Crippen LogP contribution >= 0.6 is 0 Å². The topological polar surface area (TPSA) is 58.6 Å². The van der Waals surface area contributed by atoms with Crippen molar-refractivity contribution in [2.45, 2.75) is 6.92 Å². The first-order valence-corrected chi connectivity index (χ1v) is 4.24. The van der Waals surface area contributed by atoms with E-state index in [-0.39, 0.29) is 5.56 Å². The van der Waals surface area contributed by atoms with Crippen molar-refractivity contribution >= 4 is 0 Å². The van der Waals surface area contributed by atoms with Gasteiger partial charge >= 0.3 is 0 Å². The van der Waals surface area contributed by atoms with E-state index in [4.69, 9.17) is 0 Å². The zero-order valence-electron chi connectivity index (χ0n) is 7.69. The molecule has 0 amide bonds. The van der Waals surface area contributed by atoms with Crippen molar-refractivity contribution in [1.29, 1.82) is 0 Å². The molecule has 0 saturated heterocycles. The number of hydrogen-bond donors (Lipinski definition) is 1. The average molecular weight is 187 g/mol. The molecule has 4 heteroatoms. The highest BCUT2D eigenvalue weighted by Gasteiger charge is 2.02. The Balaban J connectivity index is 2.59. The molecule has 4 nitrogen and oxygen atoms in total. The van der Waals surface area contributed by atoms with E-state index >= 15 is 0 Å². The first-order chi connectivity index (χ1) is 6.77. The Morgan fingerprint density at radius 2 is 2.21 bits per heavy atom. The standard InChI is InChI=1S/C10H9N3O/c1-7-12-6-9(10(14)13-7)8-3-2-4-11-5-8/h2-6H,1H3,(H,12,13,14). The van der Waals surface area contributed by atoms with Gasteiger partial charge in [-0.1, -0.05) is 6.07 Å². The highest BCUT2D eigenvalue weighted by atomic mass is 16.1. The van der Waals surface area contributed by atoms with Gasteiger partial charge in [-0.05, 0) is 13.0 Å². The van der Waals surface area contributed by atoms with Gasteiger partial charge in [0.15, 0.2) is 0 Å². The van der Waals surface area contributed by atoms with E-state index in [1.54, 1.807) is 31.6 Å². The molecule has 2 aromatic rings. The van der Waals surface area contributed by atoms with Crippen molar-refractivity contribution in [3.05, 3.63) is 46.9 Å². The number of rotatable bonds is 1. The summed E-state index contributed by atoms with van der Waals surface area (Å²) in [4.78, 5) is 22.1. The van der Waals surface area contributed by atoms with Gasteiger partial charge in [0.2, 0.25) is 0 Å². The van der Waals surface area contributed by atoms with Gasteiger partial charge in [0.1, 0.15) is 5.82 Å². The third kappa shape index (κ3) is 1.54. The first kappa shape index (κ1) is 8.62. The zero-order valence-corrected chi connectivity index (χ0v) is 7.69. The smallest absolute Gasteiger partial charge is 0.258 e. The predicted octanol–water partition coefficient (Wildman–Crippen LogP) is 1.14. The largest absolute Gasteiger partial charge is 0.310 e. The lowest BCUT2D eigenvalue weighted by Gasteiger charge is -1.98. The van der Waals surface area contributed by atoms with Gasteiger partial charge in [-0.25, -0.2) is 4.98 Å². The molecule has 0 unspecified atom stereocenters. The number of aryl methyl sites for hydroxylation is 1. The number of H-pyrrole nitrogens is 1. The Morgan fingerprint density at radius 3 is 2.86 bits per heavy atom. The zero-order chi connectivity index (χ0) is 9.97. The summed E-state index contributed by atoms with van der Waals surface area (Å²) in [7, 11) is 0. The van der Waals surface area contributed by atoms with Crippen LogP contribution in [0.1, 0.15) is 5.82 Å². The van der Waals surface area contributed by atoms with Crippen LogP contribution in [0.25, 0.3) is 11.1 Å². The molecule has 1 N–H and O–H groups in total. The molecule has 0 bridgehead atoms. The van der Waals surface area contributed by atoms with E-state index < -0.39 is 0 Å². The summed E-state index contributed by atoms with van der Waals surface area (Å²) in [6, 6.07) is 3.61. The number of nitrogens with zero attached hydrogens (tertiary/aromatic N) is 2. The van der Waals surface area contributed by atoms with Crippen LogP contribution in [0.15, 0.2) is 35.5 Å². The first-order valence-electron chi connectivity index (χ1n) is 4.24. The minimum absolute atomic E-state index is 0.134. The summed E-state index contributed by atoms with van der Waals surface area (Å²) < 4.78 is 0. The van der Waals surface area contributed by atoms with Crippen LogP contribution in [0, 0.1) is 6.92 Å².